The number of hydrogen-bond acceptors (Lipinski definition) is 3. The normalized spacial score (nSPS) is 10.6. The second-order valence-corrected chi connectivity index (χ2v) is 4.36. The van der Waals surface area contributed by atoms with E-state index in [-0.39, 0.29) is 0 Å². The van der Waals surface area contributed by atoms with Gasteiger partial charge in [-0.2, -0.15) is 0 Å². The zero-order valence-electron chi connectivity index (χ0n) is 11.1. The maximum atomic E-state index is 6.11. The number of rotatable bonds is 4. The monoisotopic (exact) mass is 245 g/mol. The van der Waals surface area contributed by atoms with Crippen LogP contribution in [0.5, 0.6) is 5.75 Å². The van der Waals surface area contributed by atoms with Gasteiger partial charge in [-0.05, 0) is 37.1 Å². The van der Waals surface area contributed by atoms with Gasteiger partial charge in [0.15, 0.2) is 0 Å². The molecular weight excluding hydrogens is 226 g/mol. The molecule has 2 aromatic rings. The zero-order valence-corrected chi connectivity index (χ0v) is 11.1. The van der Waals surface area contributed by atoms with Crippen LogP contribution in [0.3, 0.4) is 0 Å². The smallest absolute Gasteiger partial charge is 0.131 e. The molecule has 1 heterocycles. The van der Waals surface area contributed by atoms with E-state index >= 15 is 0 Å². The summed E-state index contributed by atoms with van der Waals surface area (Å²) < 4.78 is 7.23. The summed E-state index contributed by atoms with van der Waals surface area (Å²) >= 11 is 0. The van der Waals surface area contributed by atoms with E-state index in [1.165, 1.54) is 0 Å². The molecular formula is C14H19N3O. The Morgan fingerprint density at radius 1 is 1.39 bits per heavy atom. The molecule has 0 amide bonds. The summed E-state index contributed by atoms with van der Waals surface area (Å²) in [6.45, 7) is 5.03. The molecule has 4 heteroatoms. The third-order valence-corrected chi connectivity index (χ3v) is 3.01. The number of hydrogen-bond donors (Lipinski definition) is 1. The summed E-state index contributed by atoms with van der Waals surface area (Å²) in [7, 11) is 1.67. The highest BCUT2D eigenvalue weighted by molar-refractivity contribution is 5.71. The third-order valence-electron chi connectivity index (χ3n) is 3.01. The molecule has 0 bridgehead atoms. The Morgan fingerprint density at radius 2 is 2.17 bits per heavy atom. The zero-order chi connectivity index (χ0) is 13.1. The van der Waals surface area contributed by atoms with Gasteiger partial charge in [-0.3, -0.25) is 0 Å². The molecule has 0 aliphatic rings. The fourth-order valence-corrected chi connectivity index (χ4v) is 2.06. The summed E-state index contributed by atoms with van der Waals surface area (Å²) in [4.78, 5) is 4.40. The van der Waals surface area contributed by atoms with E-state index < -0.39 is 0 Å². The Kier molecular flexibility index (Phi) is 3.55. The van der Waals surface area contributed by atoms with Gasteiger partial charge in [-0.25, -0.2) is 4.98 Å². The van der Waals surface area contributed by atoms with Crippen molar-refractivity contribution < 1.29 is 4.74 Å². The lowest BCUT2D eigenvalue weighted by atomic mass is 10.1. The van der Waals surface area contributed by atoms with Gasteiger partial charge >= 0.3 is 0 Å². The fraction of sp³-hybridized carbons (Fsp3) is 0.357. The molecule has 0 unspecified atom stereocenters. The molecule has 1 aromatic heterocycles. The van der Waals surface area contributed by atoms with E-state index in [4.69, 9.17) is 10.5 Å². The van der Waals surface area contributed by atoms with E-state index in [1.54, 1.807) is 13.4 Å². The van der Waals surface area contributed by atoms with Gasteiger partial charge in [-0.15, -0.1) is 0 Å². The molecule has 0 spiro atoms. The number of methoxy groups -OCH3 is 1. The molecule has 0 radical (unpaired) electrons. The Morgan fingerprint density at radius 3 is 2.78 bits per heavy atom. The van der Waals surface area contributed by atoms with Crippen molar-refractivity contribution in [3.63, 3.8) is 0 Å². The average Bonchev–Trinajstić information content (AvgIpc) is 2.72. The molecule has 0 aliphatic carbocycles. The van der Waals surface area contributed by atoms with Crippen molar-refractivity contribution in [1.29, 1.82) is 0 Å². The Hall–Kier alpha value is -1.97. The standard InChI is InChI=1S/C14H19N3O/c1-4-7-17-9-16-13(14(17)15)11-5-6-12(18-3)10(2)8-11/h5-6,8-9H,4,7,15H2,1-3H3. The van der Waals surface area contributed by atoms with Gasteiger partial charge in [-0.1, -0.05) is 6.92 Å². The van der Waals surface area contributed by atoms with Gasteiger partial charge in [0.05, 0.1) is 13.4 Å². The van der Waals surface area contributed by atoms with Gasteiger partial charge in [0.25, 0.3) is 0 Å². The van der Waals surface area contributed by atoms with Gasteiger partial charge in [0, 0.05) is 12.1 Å². The highest BCUT2D eigenvalue weighted by Crippen LogP contribution is 2.28. The van der Waals surface area contributed by atoms with Crippen molar-refractivity contribution in [1.82, 2.24) is 9.55 Å². The molecule has 0 atom stereocenters. The van der Waals surface area contributed by atoms with Crippen LogP contribution in [0.2, 0.25) is 0 Å². The van der Waals surface area contributed by atoms with E-state index in [0.717, 1.165) is 41.4 Å². The van der Waals surface area contributed by atoms with Crippen LogP contribution in [0.25, 0.3) is 11.3 Å². The second-order valence-electron chi connectivity index (χ2n) is 4.36. The van der Waals surface area contributed by atoms with Crippen LogP contribution in [0, 0.1) is 6.92 Å². The number of nitrogens with zero attached hydrogens (tertiary/aromatic N) is 2. The van der Waals surface area contributed by atoms with Crippen LogP contribution in [-0.4, -0.2) is 16.7 Å². The molecule has 4 nitrogen and oxygen atoms in total. The van der Waals surface area contributed by atoms with E-state index in [2.05, 4.69) is 11.9 Å². The predicted octanol–water partition coefficient (Wildman–Crippen LogP) is 2.86. The SMILES string of the molecule is CCCn1cnc(-c2ccc(OC)c(C)c2)c1N. The van der Waals surface area contributed by atoms with Gasteiger partial charge in [0.1, 0.15) is 17.3 Å². The topological polar surface area (TPSA) is 53.1 Å². The van der Waals surface area contributed by atoms with Crippen molar-refractivity contribution >= 4 is 5.82 Å². The summed E-state index contributed by atoms with van der Waals surface area (Å²) in [5.41, 5.74) is 9.06. The molecule has 0 aliphatic heterocycles. The number of aryl methyl sites for hydroxylation is 2. The lowest BCUT2D eigenvalue weighted by Crippen LogP contribution is -2.01. The minimum atomic E-state index is 0.724. The minimum absolute atomic E-state index is 0.724. The first kappa shape index (κ1) is 12.5. The first-order valence-corrected chi connectivity index (χ1v) is 6.13. The van der Waals surface area contributed by atoms with Crippen LogP contribution in [0.1, 0.15) is 18.9 Å². The molecule has 2 N–H and O–H groups in total. The molecule has 0 saturated carbocycles. The summed E-state index contributed by atoms with van der Waals surface area (Å²) in [5.74, 6) is 1.60. The highest BCUT2D eigenvalue weighted by atomic mass is 16.5. The third kappa shape index (κ3) is 2.18. The molecule has 0 saturated heterocycles. The number of aromatic nitrogens is 2. The van der Waals surface area contributed by atoms with Crippen LogP contribution < -0.4 is 10.5 Å². The average molecular weight is 245 g/mol. The fourth-order valence-electron chi connectivity index (χ4n) is 2.06. The summed E-state index contributed by atoms with van der Waals surface area (Å²) in [6, 6.07) is 5.98. The number of ether oxygens (including phenoxy) is 1. The van der Waals surface area contributed by atoms with Crippen molar-refractivity contribution in [2.75, 3.05) is 12.8 Å². The van der Waals surface area contributed by atoms with Crippen LogP contribution in [-0.2, 0) is 6.54 Å². The van der Waals surface area contributed by atoms with Gasteiger partial charge in [0.2, 0.25) is 0 Å². The minimum Gasteiger partial charge on any atom is -0.496 e. The van der Waals surface area contributed by atoms with Crippen molar-refractivity contribution in [2.45, 2.75) is 26.8 Å². The molecule has 0 fully saturated rings. The van der Waals surface area contributed by atoms with Crippen molar-refractivity contribution in [2.24, 2.45) is 0 Å². The Balaban J connectivity index is 2.39. The number of nitrogen functional groups attached to an aromatic ring is 1. The number of benzene rings is 1. The second kappa shape index (κ2) is 5.12. The van der Waals surface area contributed by atoms with Crippen LogP contribution in [0.4, 0.5) is 5.82 Å². The highest BCUT2D eigenvalue weighted by Gasteiger charge is 2.10. The lowest BCUT2D eigenvalue weighted by molar-refractivity contribution is 0.412. The number of anilines is 1. The van der Waals surface area contributed by atoms with E-state index in [1.807, 2.05) is 29.7 Å². The van der Waals surface area contributed by atoms with Crippen LogP contribution in [0.15, 0.2) is 24.5 Å². The van der Waals surface area contributed by atoms with Gasteiger partial charge < -0.3 is 15.0 Å². The maximum absolute atomic E-state index is 6.11. The van der Waals surface area contributed by atoms with E-state index in [9.17, 15) is 0 Å². The molecule has 2 rings (SSSR count). The quantitative estimate of drug-likeness (QED) is 0.901. The first-order valence-electron chi connectivity index (χ1n) is 6.13. The Labute approximate surface area is 107 Å². The van der Waals surface area contributed by atoms with E-state index in [0.29, 0.717) is 0 Å². The van der Waals surface area contributed by atoms with Crippen molar-refractivity contribution in [3.05, 3.63) is 30.1 Å². The maximum Gasteiger partial charge on any atom is 0.131 e. The Bertz CT molecular complexity index is 546. The van der Waals surface area contributed by atoms with Crippen molar-refractivity contribution in [3.8, 4) is 17.0 Å². The molecule has 1 aromatic carbocycles. The largest absolute Gasteiger partial charge is 0.496 e. The van der Waals surface area contributed by atoms with Crippen LogP contribution >= 0.6 is 0 Å². The predicted molar refractivity (Wildman–Crippen MR) is 73.7 cm³/mol. The molecule has 18 heavy (non-hydrogen) atoms. The summed E-state index contributed by atoms with van der Waals surface area (Å²) in [5, 5.41) is 0. The number of imidazole rings is 1. The number of nitrogens with two attached hydrogens (primary N) is 1. The molecule has 96 valence electrons. The lowest BCUT2D eigenvalue weighted by Gasteiger charge is -2.07. The summed E-state index contributed by atoms with van der Waals surface area (Å²) in [6.07, 6.45) is 2.84. The first-order chi connectivity index (χ1) is 8.67.